The van der Waals surface area contributed by atoms with Crippen LogP contribution in [0.25, 0.3) is 0 Å². The molecule has 2 aromatic rings. The molecule has 12 nitrogen and oxygen atoms in total. The Hall–Kier alpha value is -4.16. The second-order valence-electron chi connectivity index (χ2n) is 15.9. The normalized spacial score (nSPS) is 23.7. The molecule has 2 aliphatic carbocycles. The van der Waals surface area contributed by atoms with E-state index in [1.165, 1.54) is 4.90 Å². The molecule has 4 atom stereocenters. The maximum absolute atomic E-state index is 14.7. The van der Waals surface area contributed by atoms with Crippen molar-refractivity contribution in [2.24, 2.45) is 11.8 Å². The Balaban J connectivity index is 1.28. The number of carbonyl (C=O) groups is 4. The second-order valence-corrected chi connectivity index (χ2v) is 15.9. The lowest BCUT2D eigenvalue weighted by molar-refractivity contribution is -0.133. The first-order chi connectivity index (χ1) is 24.7. The average molecular weight is 719 g/mol. The van der Waals surface area contributed by atoms with Gasteiger partial charge < -0.3 is 39.0 Å². The van der Waals surface area contributed by atoms with Gasteiger partial charge in [0.25, 0.3) is 5.91 Å². The molecule has 1 saturated carbocycles. The van der Waals surface area contributed by atoms with Gasteiger partial charge in [0, 0.05) is 58.1 Å². The number of piperidine rings is 1. The fraction of sp³-hybridized carbons (Fsp3) is 0.600. The number of rotatable bonds is 11. The van der Waals surface area contributed by atoms with Crippen LogP contribution >= 0.6 is 0 Å². The average Bonchev–Trinajstić information content (AvgIpc) is 3.87. The number of ether oxygens (including phenoxy) is 4. The van der Waals surface area contributed by atoms with E-state index in [0.29, 0.717) is 49.7 Å². The predicted molar refractivity (Wildman–Crippen MR) is 196 cm³/mol. The lowest BCUT2D eigenvalue weighted by Gasteiger charge is -2.40. The monoisotopic (exact) mass is 718 g/mol. The van der Waals surface area contributed by atoms with Gasteiger partial charge in [0.05, 0.1) is 29.7 Å². The fourth-order valence-electron chi connectivity index (χ4n) is 7.66. The van der Waals surface area contributed by atoms with Gasteiger partial charge in [-0.15, -0.1) is 0 Å². The van der Waals surface area contributed by atoms with Crippen LogP contribution in [0.3, 0.4) is 0 Å². The molecule has 2 fully saturated rings. The zero-order valence-corrected chi connectivity index (χ0v) is 31.6. The fourth-order valence-corrected chi connectivity index (χ4v) is 7.66. The summed E-state index contributed by atoms with van der Waals surface area (Å²) in [6.45, 7) is 12.5. The molecule has 1 N–H and O–H groups in total. The molecule has 2 aliphatic heterocycles. The van der Waals surface area contributed by atoms with Crippen molar-refractivity contribution < 1.29 is 38.1 Å². The first kappa shape index (κ1) is 37.6. The minimum Gasteiger partial charge on any atom is -0.476 e. The number of benzene rings is 2. The smallest absolute Gasteiger partial charge is 0.410 e. The Labute approximate surface area is 307 Å². The standard InChI is InChI=1S/C40H54N4O8/c1-8-50-33-21-25-12-9-10-13-30(25)34(33)41-35(45)26-20-27(24-42(23-26)38(48)52-39(2,3)4)36(46)44(28-14-15-28)29-16-17-32-31(22-29)43(18-11-19-49-7)37(47)40(5,6)51-32/h9-10,12-13,16-17,22,26-28,33-34H,8,11,14-15,18-21,23-24H2,1-7H3,(H,41,45)/t26-,27+,33-,34+/m0/s1. The number of methoxy groups -OCH3 is 1. The van der Waals surface area contributed by atoms with E-state index in [-0.39, 0.29) is 55.4 Å². The summed E-state index contributed by atoms with van der Waals surface area (Å²) in [6.07, 6.45) is 2.49. The number of fused-ring (bicyclic) bond motifs is 2. The number of anilines is 2. The van der Waals surface area contributed by atoms with E-state index in [4.69, 9.17) is 18.9 Å². The number of nitrogens with one attached hydrogen (secondary N) is 1. The molecule has 0 unspecified atom stereocenters. The van der Waals surface area contributed by atoms with Gasteiger partial charge >= 0.3 is 6.09 Å². The predicted octanol–water partition coefficient (Wildman–Crippen LogP) is 5.41. The van der Waals surface area contributed by atoms with E-state index in [1.54, 1.807) is 51.5 Å². The molecule has 4 aliphatic rings. The molecule has 0 aromatic heterocycles. The zero-order chi connectivity index (χ0) is 37.4. The minimum atomic E-state index is -1.04. The second kappa shape index (κ2) is 15.1. The van der Waals surface area contributed by atoms with Crippen LogP contribution in [0.4, 0.5) is 16.2 Å². The molecule has 12 heteroatoms. The van der Waals surface area contributed by atoms with Crippen molar-refractivity contribution in [1.29, 1.82) is 0 Å². The number of nitrogens with zero attached hydrogens (tertiary/aromatic N) is 3. The van der Waals surface area contributed by atoms with Crippen LogP contribution in [0.1, 0.15) is 84.4 Å². The number of amides is 4. The molecule has 0 radical (unpaired) electrons. The van der Waals surface area contributed by atoms with Crippen molar-refractivity contribution in [2.45, 2.75) is 103 Å². The van der Waals surface area contributed by atoms with Crippen LogP contribution in [0.15, 0.2) is 42.5 Å². The van der Waals surface area contributed by atoms with Crippen molar-refractivity contribution in [3.8, 4) is 5.75 Å². The molecule has 0 spiro atoms. The third-order valence-electron chi connectivity index (χ3n) is 10.2. The van der Waals surface area contributed by atoms with Gasteiger partial charge in [0.15, 0.2) is 5.60 Å². The molecule has 282 valence electrons. The Morgan fingerprint density at radius 1 is 1.06 bits per heavy atom. The van der Waals surface area contributed by atoms with Crippen LogP contribution in [0, 0.1) is 11.8 Å². The maximum atomic E-state index is 14.7. The SMILES string of the molecule is CCO[C@H]1Cc2ccccc2[C@H]1NC(=O)[C@H]1C[C@@H](C(=O)N(c2ccc3c(c2)N(CCCOC)C(=O)C(C)(C)O3)C2CC2)CN(C(=O)OC(C)(C)C)C1. The first-order valence-corrected chi connectivity index (χ1v) is 18.7. The Kier molecular flexibility index (Phi) is 10.9. The van der Waals surface area contributed by atoms with E-state index in [0.717, 1.165) is 24.0 Å². The van der Waals surface area contributed by atoms with E-state index in [9.17, 15) is 19.2 Å². The van der Waals surface area contributed by atoms with E-state index in [1.807, 2.05) is 43.3 Å². The summed E-state index contributed by atoms with van der Waals surface area (Å²) in [5, 5.41) is 3.25. The molecular formula is C40H54N4O8. The molecule has 6 rings (SSSR count). The third kappa shape index (κ3) is 8.07. The van der Waals surface area contributed by atoms with Crippen LogP contribution in [0.5, 0.6) is 5.75 Å². The topological polar surface area (TPSA) is 127 Å². The van der Waals surface area contributed by atoms with Crippen LogP contribution in [-0.2, 0) is 35.0 Å². The van der Waals surface area contributed by atoms with Gasteiger partial charge in [-0.3, -0.25) is 14.4 Å². The number of hydrogen-bond acceptors (Lipinski definition) is 8. The van der Waals surface area contributed by atoms with Crippen LogP contribution in [0.2, 0.25) is 0 Å². The van der Waals surface area contributed by atoms with Crippen molar-refractivity contribution >= 4 is 35.2 Å². The highest BCUT2D eigenvalue weighted by Crippen LogP contribution is 2.43. The van der Waals surface area contributed by atoms with Crippen molar-refractivity contribution in [3.63, 3.8) is 0 Å². The van der Waals surface area contributed by atoms with Crippen molar-refractivity contribution in [1.82, 2.24) is 10.2 Å². The van der Waals surface area contributed by atoms with Crippen molar-refractivity contribution in [2.75, 3.05) is 49.8 Å². The van der Waals surface area contributed by atoms with Gasteiger partial charge in [0.1, 0.15) is 11.4 Å². The summed E-state index contributed by atoms with van der Waals surface area (Å²) in [6, 6.07) is 13.2. The Morgan fingerprint density at radius 2 is 1.79 bits per heavy atom. The minimum absolute atomic E-state index is 0.0322. The lowest BCUT2D eigenvalue weighted by Crippen LogP contribution is -2.54. The van der Waals surface area contributed by atoms with Gasteiger partial charge in [0.2, 0.25) is 11.8 Å². The number of hydrogen-bond donors (Lipinski definition) is 1. The van der Waals surface area contributed by atoms with Gasteiger partial charge in [-0.2, -0.15) is 0 Å². The largest absolute Gasteiger partial charge is 0.476 e. The molecule has 2 aromatic carbocycles. The molecule has 1 saturated heterocycles. The highest BCUT2D eigenvalue weighted by atomic mass is 16.6. The van der Waals surface area contributed by atoms with Gasteiger partial charge in [-0.25, -0.2) is 4.79 Å². The van der Waals surface area contributed by atoms with E-state index < -0.39 is 29.1 Å². The molecular weight excluding hydrogens is 664 g/mol. The highest BCUT2D eigenvalue weighted by Gasteiger charge is 2.46. The summed E-state index contributed by atoms with van der Waals surface area (Å²) >= 11 is 0. The van der Waals surface area contributed by atoms with E-state index >= 15 is 0 Å². The Morgan fingerprint density at radius 3 is 2.48 bits per heavy atom. The molecule has 2 heterocycles. The quantitative estimate of drug-likeness (QED) is 0.306. The number of carbonyl (C=O) groups excluding carboxylic acids is 4. The summed E-state index contributed by atoms with van der Waals surface area (Å²) in [5.74, 6) is -1.31. The summed E-state index contributed by atoms with van der Waals surface area (Å²) in [4.78, 5) is 61.0. The van der Waals surface area contributed by atoms with Gasteiger partial charge in [-0.1, -0.05) is 24.3 Å². The number of likely N-dealkylation sites (tertiary alicyclic amines) is 1. The summed E-state index contributed by atoms with van der Waals surface area (Å²) in [7, 11) is 1.63. The highest BCUT2D eigenvalue weighted by molar-refractivity contribution is 6.04. The molecule has 52 heavy (non-hydrogen) atoms. The third-order valence-corrected chi connectivity index (χ3v) is 10.2. The van der Waals surface area contributed by atoms with Crippen LogP contribution in [-0.4, -0.2) is 92.0 Å². The first-order valence-electron chi connectivity index (χ1n) is 18.7. The zero-order valence-electron chi connectivity index (χ0n) is 31.6. The molecule has 0 bridgehead atoms. The maximum Gasteiger partial charge on any atom is 0.410 e. The summed E-state index contributed by atoms with van der Waals surface area (Å²) < 4.78 is 23.2. The van der Waals surface area contributed by atoms with Crippen LogP contribution < -0.4 is 19.9 Å². The molecule has 4 amide bonds. The summed E-state index contributed by atoms with van der Waals surface area (Å²) in [5.41, 5.74) is 1.62. The van der Waals surface area contributed by atoms with Crippen molar-refractivity contribution in [3.05, 3.63) is 53.6 Å². The van der Waals surface area contributed by atoms with Gasteiger partial charge in [-0.05, 0) is 96.6 Å². The lowest BCUT2D eigenvalue weighted by atomic mass is 9.87. The van der Waals surface area contributed by atoms with E-state index in [2.05, 4.69) is 11.4 Å². The Bertz CT molecular complexity index is 1670.